The highest BCUT2D eigenvalue weighted by atomic mass is 19.1. The Kier molecular flexibility index (Phi) is 3.04. The quantitative estimate of drug-likeness (QED) is 0.762. The SMILES string of the molecule is CCCC(C)(N)c1ccccc1F. The van der Waals surface area contributed by atoms with Gasteiger partial charge < -0.3 is 5.73 Å². The Morgan fingerprint density at radius 2 is 2.00 bits per heavy atom. The van der Waals surface area contributed by atoms with Gasteiger partial charge in [-0.25, -0.2) is 4.39 Å². The van der Waals surface area contributed by atoms with Gasteiger partial charge in [-0.05, 0) is 19.4 Å². The lowest BCUT2D eigenvalue weighted by atomic mass is 9.88. The Morgan fingerprint density at radius 1 is 1.38 bits per heavy atom. The first-order valence-electron chi connectivity index (χ1n) is 4.62. The molecule has 2 N–H and O–H groups in total. The van der Waals surface area contributed by atoms with Crippen LogP contribution in [-0.2, 0) is 5.54 Å². The molecular weight excluding hydrogens is 165 g/mol. The van der Waals surface area contributed by atoms with Crippen LogP contribution in [0.1, 0.15) is 32.3 Å². The van der Waals surface area contributed by atoms with Crippen LogP contribution in [0.15, 0.2) is 24.3 Å². The van der Waals surface area contributed by atoms with Gasteiger partial charge in [-0.1, -0.05) is 31.5 Å². The number of rotatable bonds is 3. The van der Waals surface area contributed by atoms with Crippen LogP contribution in [-0.4, -0.2) is 0 Å². The van der Waals surface area contributed by atoms with Gasteiger partial charge in [0.2, 0.25) is 0 Å². The molecule has 72 valence electrons. The van der Waals surface area contributed by atoms with Crippen molar-refractivity contribution in [2.45, 2.75) is 32.2 Å². The standard InChI is InChI=1S/C11H16FN/c1-3-8-11(2,13)9-6-4-5-7-10(9)12/h4-7H,3,8,13H2,1-2H3. The van der Waals surface area contributed by atoms with E-state index < -0.39 is 5.54 Å². The van der Waals surface area contributed by atoms with Gasteiger partial charge in [0.1, 0.15) is 5.82 Å². The smallest absolute Gasteiger partial charge is 0.128 e. The van der Waals surface area contributed by atoms with Crippen LogP contribution in [0.25, 0.3) is 0 Å². The molecule has 0 radical (unpaired) electrons. The molecule has 1 atom stereocenters. The zero-order valence-electron chi connectivity index (χ0n) is 8.18. The van der Waals surface area contributed by atoms with Gasteiger partial charge >= 0.3 is 0 Å². The molecule has 0 spiro atoms. The van der Waals surface area contributed by atoms with Crippen molar-refractivity contribution in [3.05, 3.63) is 35.6 Å². The molecule has 1 nitrogen and oxygen atoms in total. The monoisotopic (exact) mass is 181 g/mol. The van der Waals surface area contributed by atoms with Crippen LogP contribution in [0.3, 0.4) is 0 Å². The van der Waals surface area contributed by atoms with Crippen LogP contribution in [0.2, 0.25) is 0 Å². The normalized spacial score (nSPS) is 15.4. The Bertz CT molecular complexity index is 281. The molecule has 0 aliphatic carbocycles. The second-order valence-corrected chi connectivity index (χ2v) is 3.65. The van der Waals surface area contributed by atoms with E-state index in [2.05, 4.69) is 0 Å². The minimum absolute atomic E-state index is 0.207. The van der Waals surface area contributed by atoms with E-state index in [1.807, 2.05) is 19.9 Å². The molecule has 0 saturated carbocycles. The zero-order chi connectivity index (χ0) is 9.90. The van der Waals surface area contributed by atoms with Crippen molar-refractivity contribution in [3.63, 3.8) is 0 Å². The van der Waals surface area contributed by atoms with Crippen LogP contribution < -0.4 is 5.73 Å². The molecule has 1 rings (SSSR count). The van der Waals surface area contributed by atoms with Crippen molar-refractivity contribution in [1.29, 1.82) is 0 Å². The third kappa shape index (κ3) is 2.28. The first-order valence-corrected chi connectivity index (χ1v) is 4.62. The summed E-state index contributed by atoms with van der Waals surface area (Å²) in [7, 11) is 0. The van der Waals surface area contributed by atoms with Crippen molar-refractivity contribution < 1.29 is 4.39 Å². The lowest BCUT2D eigenvalue weighted by molar-refractivity contribution is 0.422. The third-order valence-corrected chi connectivity index (χ3v) is 2.26. The van der Waals surface area contributed by atoms with Crippen LogP contribution >= 0.6 is 0 Å². The first-order chi connectivity index (χ1) is 6.08. The van der Waals surface area contributed by atoms with Crippen molar-refractivity contribution in [2.24, 2.45) is 5.73 Å². The summed E-state index contributed by atoms with van der Waals surface area (Å²) in [6, 6.07) is 6.71. The van der Waals surface area contributed by atoms with E-state index in [0.29, 0.717) is 5.56 Å². The molecule has 0 bridgehead atoms. The van der Waals surface area contributed by atoms with Gasteiger partial charge in [-0.15, -0.1) is 0 Å². The molecular formula is C11H16FN. The fraction of sp³-hybridized carbons (Fsp3) is 0.455. The Labute approximate surface area is 78.8 Å². The van der Waals surface area contributed by atoms with E-state index in [0.717, 1.165) is 12.8 Å². The van der Waals surface area contributed by atoms with E-state index in [-0.39, 0.29) is 5.82 Å². The molecule has 13 heavy (non-hydrogen) atoms. The molecule has 2 heteroatoms. The Hall–Kier alpha value is -0.890. The molecule has 0 amide bonds. The molecule has 1 aromatic rings. The Balaban J connectivity index is 2.99. The van der Waals surface area contributed by atoms with E-state index in [1.165, 1.54) is 6.07 Å². The van der Waals surface area contributed by atoms with Crippen LogP contribution in [0.4, 0.5) is 4.39 Å². The summed E-state index contributed by atoms with van der Waals surface area (Å²) in [5, 5.41) is 0. The molecule has 0 fully saturated rings. The predicted molar refractivity (Wildman–Crippen MR) is 52.8 cm³/mol. The molecule has 1 unspecified atom stereocenters. The van der Waals surface area contributed by atoms with Crippen molar-refractivity contribution in [3.8, 4) is 0 Å². The highest BCUT2D eigenvalue weighted by Gasteiger charge is 2.22. The predicted octanol–water partition coefficient (Wildman–Crippen LogP) is 2.80. The van der Waals surface area contributed by atoms with Gasteiger partial charge in [0.25, 0.3) is 0 Å². The van der Waals surface area contributed by atoms with E-state index >= 15 is 0 Å². The minimum Gasteiger partial charge on any atom is -0.322 e. The molecule has 1 aromatic carbocycles. The number of hydrogen-bond donors (Lipinski definition) is 1. The highest BCUT2D eigenvalue weighted by Crippen LogP contribution is 2.24. The molecule has 0 aliphatic heterocycles. The summed E-state index contributed by atoms with van der Waals surface area (Å²) in [6.07, 6.45) is 1.76. The summed E-state index contributed by atoms with van der Waals surface area (Å²) >= 11 is 0. The van der Waals surface area contributed by atoms with Crippen LogP contribution in [0, 0.1) is 5.82 Å². The maximum Gasteiger partial charge on any atom is 0.128 e. The Morgan fingerprint density at radius 3 is 2.54 bits per heavy atom. The molecule has 0 heterocycles. The fourth-order valence-electron chi connectivity index (χ4n) is 1.58. The minimum atomic E-state index is -0.542. The molecule has 0 saturated heterocycles. The maximum absolute atomic E-state index is 13.3. The average molecular weight is 181 g/mol. The summed E-state index contributed by atoms with van der Waals surface area (Å²) < 4.78 is 13.3. The van der Waals surface area contributed by atoms with E-state index in [9.17, 15) is 4.39 Å². The van der Waals surface area contributed by atoms with Crippen molar-refractivity contribution in [1.82, 2.24) is 0 Å². The summed E-state index contributed by atoms with van der Waals surface area (Å²) in [5.41, 5.74) is 6.08. The molecule has 0 aliphatic rings. The van der Waals surface area contributed by atoms with E-state index in [4.69, 9.17) is 5.73 Å². The van der Waals surface area contributed by atoms with Gasteiger partial charge in [0.05, 0.1) is 0 Å². The third-order valence-electron chi connectivity index (χ3n) is 2.26. The lowest BCUT2D eigenvalue weighted by Gasteiger charge is -2.24. The number of benzene rings is 1. The van der Waals surface area contributed by atoms with E-state index in [1.54, 1.807) is 12.1 Å². The van der Waals surface area contributed by atoms with Crippen molar-refractivity contribution >= 4 is 0 Å². The first kappa shape index (κ1) is 10.2. The maximum atomic E-state index is 13.3. The molecule has 0 aromatic heterocycles. The zero-order valence-corrected chi connectivity index (χ0v) is 8.18. The topological polar surface area (TPSA) is 26.0 Å². The van der Waals surface area contributed by atoms with Crippen molar-refractivity contribution in [2.75, 3.05) is 0 Å². The van der Waals surface area contributed by atoms with Gasteiger partial charge in [-0.3, -0.25) is 0 Å². The summed E-state index contributed by atoms with van der Waals surface area (Å²) in [6.45, 7) is 3.92. The van der Waals surface area contributed by atoms with Gasteiger partial charge in [0.15, 0.2) is 0 Å². The summed E-state index contributed by atoms with van der Waals surface area (Å²) in [5.74, 6) is -0.207. The average Bonchev–Trinajstić information content (AvgIpc) is 2.04. The number of hydrogen-bond acceptors (Lipinski definition) is 1. The summed E-state index contributed by atoms with van der Waals surface area (Å²) in [4.78, 5) is 0. The number of halogens is 1. The highest BCUT2D eigenvalue weighted by molar-refractivity contribution is 5.24. The van der Waals surface area contributed by atoms with Gasteiger partial charge in [0, 0.05) is 11.1 Å². The fourth-order valence-corrected chi connectivity index (χ4v) is 1.58. The largest absolute Gasteiger partial charge is 0.322 e. The second-order valence-electron chi connectivity index (χ2n) is 3.65. The van der Waals surface area contributed by atoms with Gasteiger partial charge in [-0.2, -0.15) is 0 Å². The second kappa shape index (κ2) is 3.88. The number of nitrogens with two attached hydrogens (primary N) is 1. The lowest BCUT2D eigenvalue weighted by Crippen LogP contribution is -2.33. The van der Waals surface area contributed by atoms with Crippen LogP contribution in [0.5, 0.6) is 0 Å².